The van der Waals surface area contributed by atoms with E-state index < -0.39 is 0 Å². The van der Waals surface area contributed by atoms with Crippen LogP contribution < -0.4 is 10.6 Å². The van der Waals surface area contributed by atoms with E-state index in [9.17, 15) is 4.79 Å². The molecule has 4 rings (SSSR count). The lowest BCUT2D eigenvalue weighted by Crippen LogP contribution is -2.35. The van der Waals surface area contributed by atoms with Crippen molar-refractivity contribution < 1.29 is 4.79 Å². The van der Waals surface area contributed by atoms with Crippen molar-refractivity contribution in [3.8, 4) is 0 Å². The van der Waals surface area contributed by atoms with Crippen molar-refractivity contribution in [2.45, 2.75) is 39.2 Å². The van der Waals surface area contributed by atoms with E-state index in [4.69, 9.17) is 4.99 Å². The number of hydrogen-bond acceptors (Lipinski definition) is 5. The zero-order chi connectivity index (χ0) is 23.0. The largest absolute Gasteiger partial charge is 0.363 e. The lowest BCUT2D eigenvalue weighted by Gasteiger charge is -2.29. The molecule has 6 heteroatoms. The highest BCUT2D eigenvalue weighted by molar-refractivity contribution is 6.04. The normalized spacial score (nSPS) is 21.9. The van der Waals surface area contributed by atoms with E-state index in [0.29, 0.717) is 5.56 Å². The summed E-state index contributed by atoms with van der Waals surface area (Å²) >= 11 is 0. The van der Waals surface area contributed by atoms with Crippen LogP contribution in [0.5, 0.6) is 0 Å². The summed E-state index contributed by atoms with van der Waals surface area (Å²) in [4.78, 5) is 24.0. The molecule has 0 unspecified atom stereocenters. The molecule has 2 aliphatic rings. The Bertz CT molecular complexity index is 1110. The van der Waals surface area contributed by atoms with Crippen LogP contribution in [0.4, 0.5) is 5.69 Å². The van der Waals surface area contributed by atoms with Crippen molar-refractivity contribution in [3.05, 3.63) is 95.6 Å². The second-order valence-corrected chi connectivity index (χ2v) is 8.51. The minimum Gasteiger partial charge on any atom is -0.363 e. The summed E-state index contributed by atoms with van der Waals surface area (Å²) < 4.78 is 0. The number of carbonyl (C=O) groups is 1. The van der Waals surface area contributed by atoms with Crippen molar-refractivity contribution >= 4 is 17.4 Å². The van der Waals surface area contributed by atoms with Gasteiger partial charge in [-0.3, -0.25) is 9.78 Å². The van der Waals surface area contributed by atoms with E-state index in [-0.39, 0.29) is 11.9 Å². The first-order chi connectivity index (χ1) is 16.1. The van der Waals surface area contributed by atoms with Crippen LogP contribution in [0.15, 0.2) is 83.9 Å². The van der Waals surface area contributed by atoms with Crippen LogP contribution >= 0.6 is 0 Å². The van der Waals surface area contributed by atoms with Gasteiger partial charge >= 0.3 is 0 Å². The maximum Gasteiger partial charge on any atom is 0.257 e. The first kappa shape index (κ1) is 22.5. The number of nitrogens with zero attached hydrogens (tertiary/aromatic N) is 3. The topological polar surface area (TPSA) is 69.6 Å². The zero-order valence-electron chi connectivity index (χ0n) is 19.3. The number of allylic oxidation sites excluding steroid dienone is 4. The number of anilines is 1. The molecule has 1 saturated heterocycles. The lowest BCUT2D eigenvalue weighted by molar-refractivity contribution is 0.102. The zero-order valence-corrected chi connectivity index (χ0v) is 19.3. The van der Waals surface area contributed by atoms with Crippen LogP contribution in [0.1, 0.15) is 53.7 Å². The van der Waals surface area contributed by atoms with Gasteiger partial charge in [0.25, 0.3) is 5.91 Å². The van der Waals surface area contributed by atoms with Gasteiger partial charge < -0.3 is 15.5 Å². The molecule has 3 heterocycles. The Balaban J connectivity index is 1.46. The van der Waals surface area contributed by atoms with E-state index in [1.807, 2.05) is 55.5 Å². The monoisotopic (exact) mass is 441 g/mol. The number of likely N-dealkylation sites (tertiary alicyclic amines) is 1. The fourth-order valence-corrected chi connectivity index (χ4v) is 4.00. The molecular formula is C27H31N5O. The third-order valence-corrected chi connectivity index (χ3v) is 5.78. The van der Waals surface area contributed by atoms with Gasteiger partial charge in [0.1, 0.15) is 11.7 Å². The summed E-state index contributed by atoms with van der Waals surface area (Å²) in [6.07, 6.45) is 17.2. The number of amidine groups is 1. The summed E-state index contributed by atoms with van der Waals surface area (Å²) in [5.74, 6) is 1.65. The Hall–Kier alpha value is -3.67. The number of hydrogen-bond donors (Lipinski definition) is 2. The van der Waals surface area contributed by atoms with Gasteiger partial charge in [-0.25, -0.2) is 4.99 Å². The standard InChI is InChI=1S/C27H31N5O/c1-20-16-23(19-28-18-20)27(33)30-24-11-9-10-22(17-24)21(2)29-25-12-5-3-6-13-26(31-25)32-14-7-4-8-15-32/h3,5-6,9-13,16-19,21H,4,7-8,14-15H2,1-2H3,(H,29,31)(H,30,33)/t21-/m0/s1. The Morgan fingerprint density at radius 1 is 1.06 bits per heavy atom. The molecule has 0 aliphatic carbocycles. The van der Waals surface area contributed by atoms with Gasteiger partial charge in [0.15, 0.2) is 0 Å². The summed E-state index contributed by atoms with van der Waals surface area (Å²) in [6, 6.07) is 9.74. The number of rotatable bonds is 5. The average Bonchev–Trinajstić information content (AvgIpc) is 2.81. The lowest BCUT2D eigenvalue weighted by atomic mass is 10.1. The SMILES string of the molecule is Cc1cncc(C(=O)Nc2cccc([C@H](C)NC3=C/C=C/C=C/C(N4CCCCC4)=N\3)c2)c1. The molecule has 2 aromatic rings. The van der Waals surface area contributed by atoms with Gasteiger partial charge in [-0.1, -0.05) is 30.4 Å². The predicted octanol–water partition coefficient (Wildman–Crippen LogP) is 5.14. The molecule has 1 aromatic carbocycles. The van der Waals surface area contributed by atoms with E-state index >= 15 is 0 Å². The summed E-state index contributed by atoms with van der Waals surface area (Å²) in [5, 5.41) is 6.51. The Morgan fingerprint density at radius 3 is 2.73 bits per heavy atom. The maximum atomic E-state index is 12.6. The number of benzene rings is 1. The Labute approximate surface area is 195 Å². The van der Waals surface area contributed by atoms with Crippen molar-refractivity contribution in [1.29, 1.82) is 0 Å². The van der Waals surface area contributed by atoms with Gasteiger partial charge in [0, 0.05) is 31.2 Å². The fourth-order valence-electron chi connectivity index (χ4n) is 4.00. The molecule has 0 radical (unpaired) electrons. The maximum absolute atomic E-state index is 12.6. The highest BCUT2D eigenvalue weighted by Gasteiger charge is 2.15. The molecule has 6 nitrogen and oxygen atoms in total. The Kier molecular flexibility index (Phi) is 7.35. The number of piperidine rings is 1. The minimum absolute atomic E-state index is 0.0110. The van der Waals surface area contributed by atoms with Gasteiger partial charge in [0.2, 0.25) is 0 Å². The van der Waals surface area contributed by atoms with Gasteiger partial charge in [0.05, 0.1) is 11.6 Å². The minimum atomic E-state index is -0.167. The molecule has 0 bridgehead atoms. The quantitative estimate of drug-likeness (QED) is 0.674. The summed E-state index contributed by atoms with van der Waals surface area (Å²) in [6.45, 7) is 6.12. The number of aromatic nitrogens is 1. The van der Waals surface area contributed by atoms with Gasteiger partial charge in [-0.15, -0.1) is 0 Å². The number of aryl methyl sites for hydroxylation is 1. The van der Waals surface area contributed by atoms with Crippen LogP contribution in [-0.4, -0.2) is 34.7 Å². The Morgan fingerprint density at radius 2 is 1.91 bits per heavy atom. The van der Waals surface area contributed by atoms with E-state index in [0.717, 1.165) is 41.6 Å². The molecular weight excluding hydrogens is 410 g/mol. The molecule has 33 heavy (non-hydrogen) atoms. The first-order valence-corrected chi connectivity index (χ1v) is 11.6. The second-order valence-electron chi connectivity index (χ2n) is 8.51. The summed E-state index contributed by atoms with van der Waals surface area (Å²) in [5.41, 5.74) is 3.31. The van der Waals surface area contributed by atoms with Crippen LogP contribution in [0.25, 0.3) is 0 Å². The van der Waals surface area contributed by atoms with Crippen LogP contribution in [0.2, 0.25) is 0 Å². The third kappa shape index (κ3) is 6.19. The van der Waals surface area contributed by atoms with Crippen LogP contribution in [0.3, 0.4) is 0 Å². The number of amides is 1. The van der Waals surface area contributed by atoms with Crippen LogP contribution in [0, 0.1) is 6.92 Å². The van der Waals surface area contributed by atoms with Crippen LogP contribution in [-0.2, 0) is 0 Å². The van der Waals surface area contributed by atoms with Crippen molar-refractivity contribution in [2.24, 2.45) is 4.99 Å². The second kappa shape index (κ2) is 10.8. The molecule has 1 amide bonds. The third-order valence-electron chi connectivity index (χ3n) is 5.78. The molecule has 1 atom stereocenters. The summed E-state index contributed by atoms with van der Waals surface area (Å²) in [7, 11) is 0. The van der Waals surface area contributed by atoms with E-state index in [2.05, 4.69) is 39.6 Å². The molecule has 0 spiro atoms. The molecule has 1 fully saturated rings. The highest BCUT2D eigenvalue weighted by Crippen LogP contribution is 2.20. The molecule has 2 aliphatic heterocycles. The number of carbonyl (C=O) groups excluding carboxylic acids is 1. The van der Waals surface area contributed by atoms with E-state index in [1.54, 1.807) is 12.4 Å². The van der Waals surface area contributed by atoms with E-state index in [1.165, 1.54) is 19.3 Å². The molecule has 2 N–H and O–H groups in total. The highest BCUT2D eigenvalue weighted by atomic mass is 16.1. The number of pyridine rings is 1. The molecule has 170 valence electrons. The average molecular weight is 442 g/mol. The van der Waals surface area contributed by atoms with Crippen molar-refractivity contribution in [2.75, 3.05) is 18.4 Å². The smallest absolute Gasteiger partial charge is 0.257 e. The van der Waals surface area contributed by atoms with Gasteiger partial charge in [-0.2, -0.15) is 0 Å². The molecule has 0 saturated carbocycles. The van der Waals surface area contributed by atoms with Gasteiger partial charge in [-0.05, 0) is 74.6 Å². The van der Waals surface area contributed by atoms with Crippen molar-refractivity contribution in [3.63, 3.8) is 0 Å². The predicted molar refractivity (Wildman–Crippen MR) is 134 cm³/mol. The first-order valence-electron chi connectivity index (χ1n) is 11.6. The van der Waals surface area contributed by atoms with Crippen molar-refractivity contribution in [1.82, 2.24) is 15.2 Å². The fraction of sp³-hybridized carbons (Fsp3) is 0.296. The number of nitrogens with one attached hydrogen (secondary N) is 2. The molecule has 1 aromatic heterocycles. The number of aliphatic imine (C=N–C) groups is 1.